The lowest BCUT2D eigenvalue weighted by atomic mass is 10.1. The maximum atomic E-state index is 11.8. The second kappa shape index (κ2) is 6.72. The first-order chi connectivity index (χ1) is 12.3. The number of nitrogens with zero attached hydrogens (tertiary/aromatic N) is 3. The van der Waals surface area contributed by atoms with Gasteiger partial charge in [0.2, 0.25) is 15.9 Å². The summed E-state index contributed by atoms with van der Waals surface area (Å²) in [5.41, 5.74) is 8.78. The van der Waals surface area contributed by atoms with Gasteiger partial charge < -0.3 is 15.8 Å². The van der Waals surface area contributed by atoms with E-state index in [2.05, 4.69) is 10.3 Å². The number of nitrogens with one attached hydrogen (secondary N) is 1. The number of nitrogen functional groups attached to an aromatic ring is 1. The summed E-state index contributed by atoms with van der Waals surface area (Å²) in [7, 11) is -3.28. The van der Waals surface area contributed by atoms with Crippen molar-refractivity contribution in [1.82, 2.24) is 4.98 Å². The van der Waals surface area contributed by atoms with Crippen LogP contribution in [-0.2, 0) is 16.4 Å². The Balaban J connectivity index is 1.90. The minimum absolute atomic E-state index is 0.182. The number of anilines is 4. The van der Waals surface area contributed by atoms with Gasteiger partial charge >= 0.3 is 0 Å². The summed E-state index contributed by atoms with van der Waals surface area (Å²) in [6.45, 7) is 2.60. The van der Waals surface area contributed by atoms with Crippen molar-refractivity contribution >= 4 is 32.9 Å². The van der Waals surface area contributed by atoms with Gasteiger partial charge in [0, 0.05) is 18.3 Å². The van der Waals surface area contributed by atoms with Crippen molar-refractivity contribution < 1.29 is 13.2 Å². The molecule has 2 heterocycles. The molecule has 0 aliphatic carbocycles. The van der Waals surface area contributed by atoms with E-state index in [9.17, 15) is 13.7 Å². The van der Waals surface area contributed by atoms with Gasteiger partial charge in [-0.1, -0.05) is 0 Å². The second-order valence-corrected chi connectivity index (χ2v) is 7.78. The van der Waals surface area contributed by atoms with Crippen LogP contribution in [0, 0.1) is 11.3 Å². The Morgan fingerprint density at radius 2 is 2.19 bits per heavy atom. The number of hydrogen-bond donors (Lipinski definition) is 2. The topological polar surface area (TPSA) is 121 Å². The number of ether oxygens (including phenoxy) is 1. The van der Waals surface area contributed by atoms with Gasteiger partial charge in [-0.2, -0.15) is 10.2 Å². The maximum Gasteiger partial charge on any atom is 0.235 e. The van der Waals surface area contributed by atoms with Crippen LogP contribution in [0.4, 0.5) is 22.9 Å². The highest BCUT2D eigenvalue weighted by Crippen LogP contribution is 2.33. The molecule has 1 aromatic heterocycles. The summed E-state index contributed by atoms with van der Waals surface area (Å²) in [4.78, 5) is 4.30. The molecule has 0 bridgehead atoms. The van der Waals surface area contributed by atoms with Crippen molar-refractivity contribution in [1.29, 1.82) is 5.26 Å². The number of nitrogens with two attached hydrogens (primary N) is 1. The Morgan fingerprint density at radius 1 is 1.42 bits per heavy atom. The van der Waals surface area contributed by atoms with Crippen molar-refractivity contribution in [3.63, 3.8) is 0 Å². The van der Waals surface area contributed by atoms with Gasteiger partial charge in [0.15, 0.2) is 0 Å². The predicted molar refractivity (Wildman–Crippen MR) is 100 cm³/mol. The monoisotopic (exact) mass is 373 g/mol. The summed E-state index contributed by atoms with van der Waals surface area (Å²) in [5, 5.41) is 12.3. The quantitative estimate of drug-likeness (QED) is 0.822. The van der Waals surface area contributed by atoms with Gasteiger partial charge in [-0.15, -0.1) is 0 Å². The number of aromatic nitrogens is 1. The van der Waals surface area contributed by atoms with Gasteiger partial charge in [0.05, 0.1) is 24.2 Å². The Kier molecular flexibility index (Phi) is 4.61. The highest BCUT2D eigenvalue weighted by molar-refractivity contribution is 7.92. The standard InChI is InChI=1S/C17H19N5O3S/c1-3-25-17-13(10-18)14(19)9-16(21-17)20-12-4-5-15-11(8-12)6-7-22(15)26(2,23)24/h4-5,8-9H,3,6-7H2,1-2H3,(H3,19,20,21). The van der Waals surface area contributed by atoms with Crippen molar-refractivity contribution in [2.75, 3.05) is 34.8 Å². The van der Waals surface area contributed by atoms with Crippen molar-refractivity contribution in [2.45, 2.75) is 13.3 Å². The molecule has 1 aliphatic rings. The number of fused-ring (bicyclic) bond motifs is 1. The summed E-state index contributed by atoms with van der Waals surface area (Å²) < 4.78 is 30.4. The molecule has 1 aliphatic heterocycles. The molecule has 0 spiro atoms. The van der Waals surface area contributed by atoms with Crippen LogP contribution in [0.3, 0.4) is 0 Å². The van der Waals surface area contributed by atoms with E-state index in [4.69, 9.17) is 10.5 Å². The first-order valence-electron chi connectivity index (χ1n) is 8.04. The van der Waals surface area contributed by atoms with Crippen LogP contribution < -0.4 is 20.1 Å². The zero-order valence-electron chi connectivity index (χ0n) is 14.5. The summed E-state index contributed by atoms with van der Waals surface area (Å²) in [5.74, 6) is 0.629. The zero-order valence-corrected chi connectivity index (χ0v) is 15.3. The van der Waals surface area contributed by atoms with Crippen LogP contribution >= 0.6 is 0 Å². The molecule has 0 fully saturated rings. The fourth-order valence-corrected chi connectivity index (χ4v) is 3.86. The first kappa shape index (κ1) is 17.8. The largest absolute Gasteiger partial charge is 0.477 e. The van der Waals surface area contributed by atoms with E-state index in [1.54, 1.807) is 25.1 Å². The molecule has 0 radical (unpaired) electrons. The Bertz CT molecular complexity index is 998. The van der Waals surface area contributed by atoms with E-state index in [0.717, 1.165) is 11.3 Å². The van der Waals surface area contributed by atoms with Crippen LogP contribution in [0.1, 0.15) is 18.1 Å². The maximum absolute atomic E-state index is 11.8. The highest BCUT2D eigenvalue weighted by Gasteiger charge is 2.26. The summed E-state index contributed by atoms with van der Waals surface area (Å²) in [6, 6.07) is 8.99. The molecule has 0 saturated heterocycles. The fraction of sp³-hybridized carbons (Fsp3) is 0.294. The first-order valence-corrected chi connectivity index (χ1v) is 9.89. The lowest BCUT2D eigenvalue weighted by molar-refractivity contribution is 0.326. The number of benzene rings is 1. The van der Waals surface area contributed by atoms with Gasteiger partial charge in [0.1, 0.15) is 17.5 Å². The minimum atomic E-state index is -3.28. The number of nitriles is 1. The molecule has 26 heavy (non-hydrogen) atoms. The van der Waals surface area contributed by atoms with E-state index < -0.39 is 10.0 Å². The zero-order chi connectivity index (χ0) is 18.9. The smallest absolute Gasteiger partial charge is 0.235 e. The van der Waals surface area contributed by atoms with Gasteiger partial charge in [-0.3, -0.25) is 4.31 Å². The molecule has 0 amide bonds. The molecule has 2 aromatic rings. The van der Waals surface area contributed by atoms with Gasteiger partial charge in [-0.05, 0) is 37.1 Å². The van der Waals surface area contributed by atoms with E-state index in [0.29, 0.717) is 31.1 Å². The number of hydrogen-bond acceptors (Lipinski definition) is 7. The average Bonchev–Trinajstić information content (AvgIpc) is 2.98. The van der Waals surface area contributed by atoms with Crippen LogP contribution in [0.5, 0.6) is 5.88 Å². The predicted octanol–water partition coefficient (Wildman–Crippen LogP) is 2.00. The molecular formula is C17H19N5O3S. The Hall–Kier alpha value is -2.99. The number of sulfonamides is 1. The third-order valence-corrected chi connectivity index (χ3v) is 5.19. The number of pyridine rings is 1. The summed E-state index contributed by atoms with van der Waals surface area (Å²) >= 11 is 0. The van der Waals surface area contributed by atoms with Crippen molar-refractivity contribution in [3.05, 3.63) is 35.4 Å². The molecule has 8 nitrogen and oxygen atoms in total. The molecule has 136 valence electrons. The van der Waals surface area contributed by atoms with Crippen LogP contribution in [0.2, 0.25) is 0 Å². The van der Waals surface area contributed by atoms with E-state index in [-0.39, 0.29) is 17.1 Å². The Labute approximate surface area is 152 Å². The van der Waals surface area contributed by atoms with Gasteiger partial charge in [0.25, 0.3) is 0 Å². The molecule has 3 rings (SSSR count). The third kappa shape index (κ3) is 3.36. The molecule has 0 saturated carbocycles. The van der Waals surface area contributed by atoms with Crippen LogP contribution in [0.15, 0.2) is 24.3 Å². The Morgan fingerprint density at radius 3 is 2.85 bits per heavy atom. The molecular weight excluding hydrogens is 354 g/mol. The van der Waals surface area contributed by atoms with Crippen LogP contribution in [-0.4, -0.2) is 32.8 Å². The van der Waals surface area contributed by atoms with Crippen molar-refractivity contribution in [3.8, 4) is 11.9 Å². The van der Waals surface area contributed by atoms with Crippen LogP contribution in [0.25, 0.3) is 0 Å². The molecule has 0 atom stereocenters. The van der Waals surface area contributed by atoms with Crippen molar-refractivity contribution in [2.24, 2.45) is 0 Å². The SMILES string of the molecule is CCOc1nc(Nc2ccc3c(c2)CCN3S(C)(=O)=O)cc(N)c1C#N. The van der Waals surface area contributed by atoms with E-state index in [1.807, 2.05) is 12.1 Å². The molecule has 9 heteroatoms. The average molecular weight is 373 g/mol. The lowest BCUT2D eigenvalue weighted by Crippen LogP contribution is -2.27. The second-order valence-electron chi connectivity index (χ2n) is 5.88. The van der Waals surface area contributed by atoms with Gasteiger partial charge in [-0.25, -0.2) is 8.42 Å². The summed E-state index contributed by atoms with van der Waals surface area (Å²) in [6.07, 6.45) is 1.85. The highest BCUT2D eigenvalue weighted by atomic mass is 32.2. The molecule has 0 unspecified atom stereocenters. The van der Waals surface area contributed by atoms with E-state index in [1.165, 1.54) is 10.6 Å². The minimum Gasteiger partial charge on any atom is -0.477 e. The fourth-order valence-electron chi connectivity index (χ4n) is 2.90. The molecule has 1 aromatic carbocycles. The van der Waals surface area contributed by atoms with E-state index >= 15 is 0 Å². The normalized spacial score (nSPS) is 13.2. The number of rotatable bonds is 5. The lowest BCUT2D eigenvalue weighted by Gasteiger charge is -2.17. The third-order valence-electron chi connectivity index (χ3n) is 4.01. The molecule has 3 N–H and O–H groups in total.